The number of allylic oxidation sites excluding steroid dienone is 1. The van der Waals surface area contributed by atoms with Gasteiger partial charge >= 0.3 is 11.9 Å². The van der Waals surface area contributed by atoms with E-state index < -0.39 is 18.0 Å². The maximum absolute atomic E-state index is 14.0. The summed E-state index contributed by atoms with van der Waals surface area (Å²) in [5.74, 6) is 0.531. The number of fused-ring (bicyclic) bond motifs is 1. The second-order valence-corrected chi connectivity index (χ2v) is 10.9. The molecule has 0 radical (unpaired) electrons. The molecule has 1 atom stereocenters. The molecule has 0 fully saturated rings. The van der Waals surface area contributed by atoms with E-state index in [0.717, 1.165) is 0 Å². The summed E-state index contributed by atoms with van der Waals surface area (Å²) >= 11 is 4.74. The average Bonchev–Trinajstić information content (AvgIpc) is 3.30. The Morgan fingerprint density at radius 3 is 2.37 bits per heavy atom. The van der Waals surface area contributed by atoms with Crippen LogP contribution in [0.1, 0.15) is 37.9 Å². The van der Waals surface area contributed by atoms with Gasteiger partial charge in [-0.15, -0.1) is 0 Å². The molecule has 0 unspecified atom stereocenters. The number of halogens is 1. The van der Waals surface area contributed by atoms with Gasteiger partial charge in [0.1, 0.15) is 0 Å². The highest BCUT2D eigenvalue weighted by Crippen LogP contribution is 2.37. The van der Waals surface area contributed by atoms with E-state index >= 15 is 0 Å². The van der Waals surface area contributed by atoms with Crippen molar-refractivity contribution in [1.29, 1.82) is 0 Å². The number of nitrogens with zero attached hydrogens (tertiary/aromatic N) is 2. The standard InChI is InChI=1S/C30H31BrN2O9S/c1-7-40-23-11-17(9-10-20(23)42-15-25(34)39-6)27-26(29(36)41-8-2)16(3)32-30-33(27)28(35)24(43-30)13-18-12-21(37-4)22(38-5)14-19(18)31/h9-14,27H,7-8,15H2,1-6H3/b24-13-/t27-/m1/s1. The highest BCUT2D eigenvalue weighted by Gasteiger charge is 2.34. The molecule has 43 heavy (non-hydrogen) atoms. The van der Waals surface area contributed by atoms with Crippen LogP contribution >= 0.6 is 27.3 Å². The van der Waals surface area contributed by atoms with E-state index in [9.17, 15) is 14.4 Å². The van der Waals surface area contributed by atoms with Gasteiger partial charge in [-0.1, -0.05) is 33.3 Å². The maximum atomic E-state index is 14.0. The van der Waals surface area contributed by atoms with Crippen LogP contribution in [0.15, 0.2) is 55.9 Å². The number of ether oxygens (including phenoxy) is 6. The molecule has 228 valence electrons. The number of rotatable bonds is 11. The summed E-state index contributed by atoms with van der Waals surface area (Å²) in [7, 11) is 4.34. The van der Waals surface area contributed by atoms with Crippen LogP contribution in [-0.2, 0) is 19.1 Å². The van der Waals surface area contributed by atoms with Crippen molar-refractivity contribution >= 4 is 45.3 Å². The summed E-state index contributed by atoms with van der Waals surface area (Å²) in [6.07, 6.45) is 1.73. The highest BCUT2D eigenvalue weighted by molar-refractivity contribution is 9.10. The summed E-state index contributed by atoms with van der Waals surface area (Å²) in [5, 5.41) is 0. The minimum atomic E-state index is -0.875. The second-order valence-electron chi connectivity index (χ2n) is 9.03. The number of carbonyl (C=O) groups is 2. The lowest BCUT2D eigenvalue weighted by Gasteiger charge is -2.25. The first kappa shape index (κ1) is 31.8. The van der Waals surface area contributed by atoms with E-state index in [1.807, 2.05) is 0 Å². The number of thiazole rings is 1. The fraction of sp³-hybridized carbons (Fsp3) is 0.333. The Kier molecular flexibility index (Phi) is 10.3. The van der Waals surface area contributed by atoms with Crippen LogP contribution in [0.5, 0.6) is 23.0 Å². The van der Waals surface area contributed by atoms with Crippen LogP contribution in [0.25, 0.3) is 6.08 Å². The molecule has 13 heteroatoms. The van der Waals surface area contributed by atoms with Gasteiger partial charge < -0.3 is 28.4 Å². The largest absolute Gasteiger partial charge is 0.493 e. The third-order valence-corrected chi connectivity index (χ3v) is 8.13. The first-order chi connectivity index (χ1) is 20.7. The van der Waals surface area contributed by atoms with E-state index in [1.165, 1.54) is 30.1 Å². The summed E-state index contributed by atoms with van der Waals surface area (Å²) in [6.45, 7) is 5.36. The molecule has 2 heterocycles. The molecular formula is C30H31BrN2O9S. The molecular weight excluding hydrogens is 644 g/mol. The molecule has 1 aliphatic rings. The van der Waals surface area contributed by atoms with Crippen molar-refractivity contribution in [2.75, 3.05) is 41.2 Å². The fourth-order valence-electron chi connectivity index (χ4n) is 4.51. The minimum absolute atomic E-state index is 0.143. The Labute approximate surface area is 260 Å². The van der Waals surface area contributed by atoms with E-state index in [2.05, 4.69) is 25.7 Å². The average molecular weight is 676 g/mol. The van der Waals surface area contributed by atoms with Crippen molar-refractivity contribution in [3.05, 3.63) is 76.9 Å². The summed E-state index contributed by atoms with van der Waals surface area (Å²) in [5.41, 5.74) is 1.54. The number of esters is 2. The first-order valence-corrected chi connectivity index (χ1v) is 14.9. The molecule has 0 amide bonds. The van der Waals surface area contributed by atoms with Gasteiger partial charge in [-0.3, -0.25) is 9.36 Å². The molecule has 0 bridgehead atoms. The predicted octanol–water partition coefficient (Wildman–Crippen LogP) is 3.53. The first-order valence-electron chi connectivity index (χ1n) is 13.2. The number of aromatic nitrogens is 1. The van der Waals surface area contributed by atoms with Gasteiger partial charge in [-0.05, 0) is 62.2 Å². The van der Waals surface area contributed by atoms with Crippen molar-refractivity contribution < 1.29 is 38.0 Å². The van der Waals surface area contributed by atoms with Crippen LogP contribution in [0.2, 0.25) is 0 Å². The lowest BCUT2D eigenvalue weighted by molar-refractivity contribution is -0.143. The molecule has 1 aliphatic heterocycles. The Bertz CT molecular complexity index is 1760. The second kappa shape index (κ2) is 13.9. The van der Waals surface area contributed by atoms with Crippen molar-refractivity contribution in [1.82, 2.24) is 4.57 Å². The monoisotopic (exact) mass is 674 g/mol. The summed E-state index contributed by atoms with van der Waals surface area (Å²) in [4.78, 5) is 44.0. The summed E-state index contributed by atoms with van der Waals surface area (Å²) in [6, 6.07) is 7.65. The van der Waals surface area contributed by atoms with Gasteiger partial charge in [0, 0.05) is 4.47 Å². The van der Waals surface area contributed by atoms with Crippen LogP contribution < -0.4 is 33.8 Å². The van der Waals surface area contributed by atoms with Crippen molar-refractivity contribution in [2.24, 2.45) is 4.99 Å². The molecule has 4 rings (SSSR count). The van der Waals surface area contributed by atoms with Crippen LogP contribution in [0.3, 0.4) is 0 Å². The topological polar surface area (TPSA) is 124 Å². The molecule has 0 saturated carbocycles. The minimum Gasteiger partial charge on any atom is -0.493 e. The van der Waals surface area contributed by atoms with Crippen molar-refractivity contribution in [3.63, 3.8) is 0 Å². The van der Waals surface area contributed by atoms with Crippen LogP contribution in [0.4, 0.5) is 0 Å². The molecule has 0 spiro atoms. The van der Waals surface area contributed by atoms with Crippen molar-refractivity contribution in [2.45, 2.75) is 26.8 Å². The summed E-state index contributed by atoms with van der Waals surface area (Å²) < 4.78 is 34.8. The van der Waals surface area contributed by atoms with Gasteiger partial charge in [0.15, 0.2) is 34.4 Å². The lowest BCUT2D eigenvalue weighted by atomic mass is 9.95. The number of carbonyl (C=O) groups excluding carboxylic acids is 2. The third-order valence-electron chi connectivity index (χ3n) is 6.46. The van der Waals surface area contributed by atoms with Crippen LogP contribution in [-0.4, -0.2) is 57.7 Å². The Morgan fingerprint density at radius 1 is 1.00 bits per heavy atom. The SMILES string of the molecule is CCOC(=O)C1=C(C)N=c2s/c(=C\c3cc(OC)c(OC)cc3Br)c(=O)n2[C@@H]1c1ccc(OCC(=O)OC)c(OCC)c1. The van der Waals surface area contributed by atoms with Crippen LogP contribution in [0, 0.1) is 0 Å². The van der Waals surface area contributed by atoms with Gasteiger partial charge in [-0.2, -0.15) is 0 Å². The molecule has 0 N–H and O–H groups in total. The zero-order valence-electron chi connectivity index (χ0n) is 24.5. The predicted molar refractivity (Wildman–Crippen MR) is 163 cm³/mol. The molecule has 0 saturated heterocycles. The Hall–Kier alpha value is -4.10. The van der Waals surface area contributed by atoms with E-state index in [-0.39, 0.29) is 24.3 Å². The number of hydrogen-bond donors (Lipinski definition) is 0. The molecule has 2 aromatic carbocycles. The Morgan fingerprint density at radius 2 is 1.72 bits per heavy atom. The lowest BCUT2D eigenvalue weighted by Crippen LogP contribution is -2.40. The zero-order valence-corrected chi connectivity index (χ0v) is 26.9. The molecule has 11 nitrogen and oxygen atoms in total. The normalized spacial score (nSPS) is 14.5. The molecule has 0 aliphatic carbocycles. The zero-order chi connectivity index (χ0) is 31.3. The van der Waals surface area contributed by atoms with E-state index in [4.69, 9.17) is 23.7 Å². The smallest absolute Gasteiger partial charge is 0.343 e. The van der Waals surface area contributed by atoms with Gasteiger partial charge in [0.05, 0.1) is 56.4 Å². The Balaban J connectivity index is 1.92. The van der Waals surface area contributed by atoms with E-state index in [1.54, 1.807) is 64.3 Å². The third kappa shape index (κ3) is 6.62. The highest BCUT2D eigenvalue weighted by atomic mass is 79.9. The molecule has 3 aromatic rings. The van der Waals surface area contributed by atoms with Gasteiger partial charge in [0.25, 0.3) is 5.56 Å². The van der Waals surface area contributed by atoms with E-state index in [0.29, 0.717) is 60.2 Å². The number of methoxy groups -OCH3 is 3. The quantitative estimate of drug-likeness (QED) is 0.281. The number of hydrogen-bond acceptors (Lipinski definition) is 11. The van der Waals surface area contributed by atoms with Crippen molar-refractivity contribution in [3.8, 4) is 23.0 Å². The van der Waals surface area contributed by atoms with Gasteiger partial charge in [0.2, 0.25) is 0 Å². The van der Waals surface area contributed by atoms with Gasteiger partial charge in [-0.25, -0.2) is 14.6 Å². The fourth-order valence-corrected chi connectivity index (χ4v) is 5.98. The molecule has 1 aromatic heterocycles. The maximum Gasteiger partial charge on any atom is 0.343 e. The number of benzene rings is 2.